The zero-order chi connectivity index (χ0) is 57.1. The van der Waals surface area contributed by atoms with Crippen molar-refractivity contribution in [3.8, 4) is 28.7 Å². The lowest BCUT2D eigenvalue weighted by Crippen LogP contribution is -2.71. The molecule has 0 spiro atoms. The Morgan fingerprint density at radius 2 is 1.46 bits per heavy atom. The van der Waals surface area contributed by atoms with Crippen LogP contribution < -0.4 is 34.3 Å². The summed E-state index contributed by atoms with van der Waals surface area (Å²) in [6.07, 6.45) is 2.48. The van der Waals surface area contributed by atoms with Crippen LogP contribution in [-0.2, 0) is 50.1 Å². The fraction of sp³-hybridized carbons (Fsp3) is 0.397. The molecule has 2 atom stereocenters. The van der Waals surface area contributed by atoms with Gasteiger partial charge >= 0.3 is 12.1 Å². The van der Waals surface area contributed by atoms with E-state index in [1.54, 1.807) is 77.3 Å². The number of rotatable bonds is 25. The number of aromatic nitrogens is 1. The summed E-state index contributed by atoms with van der Waals surface area (Å²) in [7, 11) is 4.77. The number of thiazole rings is 1. The molecule has 4 aromatic carbocycles. The molecule has 3 aliphatic heterocycles. The van der Waals surface area contributed by atoms with Gasteiger partial charge in [-0.3, -0.25) is 34.9 Å². The molecule has 3 N–H and O–H groups in total. The van der Waals surface area contributed by atoms with Gasteiger partial charge in [-0.25, -0.2) is 14.6 Å². The van der Waals surface area contributed by atoms with Gasteiger partial charge in [0.15, 0.2) is 16.6 Å². The zero-order valence-electron chi connectivity index (χ0n) is 45.8. The van der Waals surface area contributed by atoms with Crippen LogP contribution in [0.3, 0.4) is 0 Å². The van der Waals surface area contributed by atoms with E-state index in [1.807, 2.05) is 48.5 Å². The van der Waals surface area contributed by atoms with Gasteiger partial charge in [-0.2, -0.15) is 0 Å². The number of amides is 4. The Balaban J connectivity index is 0.999. The lowest BCUT2D eigenvalue weighted by atomic mass is 9.97. The van der Waals surface area contributed by atoms with E-state index in [-0.39, 0.29) is 48.8 Å². The molecule has 0 saturated carbocycles. The first-order chi connectivity index (χ1) is 38.5. The summed E-state index contributed by atoms with van der Waals surface area (Å²) in [6, 6.07) is 22.7. The Hall–Kier alpha value is -7.33. The van der Waals surface area contributed by atoms with Crippen molar-refractivity contribution < 1.29 is 57.1 Å². The number of esters is 1. The maximum absolute atomic E-state index is 14.6. The van der Waals surface area contributed by atoms with Gasteiger partial charge in [-0.1, -0.05) is 67.8 Å². The highest BCUT2D eigenvalue weighted by atomic mass is 35.5. The molecular weight excluding hydrogens is 1090 g/mol. The number of hydrogen-bond donors (Lipinski definition) is 3. The molecule has 424 valence electrons. The number of fused-ring (bicyclic) bond motifs is 2. The van der Waals surface area contributed by atoms with Crippen LogP contribution in [0.4, 0.5) is 9.93 Å². The number of nitrogens with one attached hydrogen (secondary N) is 3. The van der Waals surface area contributed by atoms with Crippen LogP contribution in [0.2, 0.25) is 5.02 Å². The summed E-state index contributed by atoms with van der Waals surface area (Å²) < 4.78 is 40.0. The van der Waals surface area contributed by atoms with Crippen molar-refractivity contribution in [3.63, 3.8) is 0 Å². The van der Waals surface area contributed by atoms with Gasteiger partial charge < -0.3 is 43.4 Å². The lowest BCUT2D eigenvalue weighted by molar-refractivity contribution is -0.153. The molecule has 1 fully saturated rings. The first-order valence-electron chi connectivity index (χ1n) is 26.2. The normalized spacial score (nSPS) is 15.8. The third-order valence-electron chi connectivity index (χ3n) is 13.4. The monoisotopic (exact) mass is 1150 g/mol. The summed E-state index contributed by atoms with van der Waals surface area (Å²) in [5.74, 6) is 0.727. The van der Waals surface area contributed by atoms with Gasteiger partial charge in [-0.15, -0.1) is 23.1 Å². The summed E-state index contributed by atoms with van der Waals surface area (Å²) in [6.45, 7) is 9.66. The van der Waals surface area contributed by atoms with Crippen LogP contribution in [0.5, 0.6) is 28.7 Å². The number of nitrogens with zero attached hydrogens (tertiary/aromatic N) is 4. The van der Waals surface area contributed by atoms with Crippen molar-refractivity contribution in [3.05, 3.63) is 134 Å². The molecule has 8 rings (SSSR count). The van der Waals surface area contributed by atoms with Crippen molar-refractivity contribution in [2.75, 3.05) is 65.1 Å². The van der Waals surface area contributed by atoms with Crippen LogP contribution >= 0.6 is 34.7 Å². The van der Waals surface area contributed by atoms with E-state index in [0.29, 0.717) is 94.4 Å². The number of anilines is 1. The van der Waals surface area contributed by atoms with Crippen LogP contribution in [-0.4, -0.2) is 132 Å². The van der Waals surface area contributed by atoms with E-state index < -0.39 is 46.6 Å². The molecule has 22 heteroatoms. The van der Waals surface area contributed by atoms with Crippen LogP contribution in [0.15, 0.2) is 95.5 Å². The average Bonchev–Trinajstić information content (AvgIpc) is 4.01. The minimum atomic E-state index is -1.07. The van der Waals surface area contributed by atoms with E-state index in [0.717, 1.165) is 41.7 Å². The molecule has 0 unspecified atom stereocenters. The number of ether oxygens (including phenoxy) is 7. The summed E-state index contributed by atoms with van der Waals surface area (Å²) in [5.41, 5.74) is 3.02. The minimum Gasteiger partial charge on any atom is -0.497 e. The smallest absolute Gasteiger partial charge is 0.413 e. The molecule has 4 amide bonds. The van der Waals surface area contributed by atoms with Crippen molar-refractivity contribution in [1.29, 1.82) is 5.41 Å². The van der Waals surface area contributed by atoms with E-state index in [1.165, 1.54) is 22.0 Å². The number of unbranched alkanes of at least 4 members (excludes halogenated alkanes) is 2. The van der Waals surface area contributed by atoms with E-state index in [2.05, 4.69) is 27.4 Å². The van der Waals surface area contributed by atoms with Gasteiger partial charge in [0.05, 0.1) is 26.4 Å². The van der Waals surface area contributed by atoms with Crippen molar-refractivity contribution in [2.24, 2.45) is 0 Å². The Labute approximate surface area is 478 Å². The third kappa shape index (κ3) is 14.5. The predicted molar refractivity (Wildman–Crippen MR) is 305 cm³/mol. The molecule has 80 heavy (non-hydrogen) atoms. The third-order valence-corrected chi connectivity index (χ3v) is 15.9. The topological polar surface area (TPSA) is 220 Å². The fourth-order valence-corrected chi connectivity index (χ4v) is 11.5. The maximum atomic E-state index is 14.6. The largest absolute Gasteiger partial charge is 0.497 e. The molecule has 5 aromatic rings. The number of carbonyl (C=O) groups is 5. The van der Waals surface area contributed by atoms with Crippen molar-refractivity contribution >= 4 is 75.3 Å². The molecule has 3 aliphatic rings. The van der Waals surface area contributed by atoms with Gasteiger partial charge in [0.1, 0.15) is 71.2 Å². The molecule has 0 radical (unpaired) electrons. The van der Waals surface area contributed by atoms with Gasteiger partial charge in [0.2, 0.25) is 0 Å². The zero-order valence-corrected chi connectivity index (χ0v) is 48.2. The number of β-lactam (4-membered cyclic amide) rings is 1. The standard InChI is InChI=1S/C58H66ClN7O12S2/c1-8-9-10-24-64(26-27-65-25-23-42-43(52(65)68)28-45(75-30-35-11-17-39(72-5)18-12-35)50(46(42)59)76-31-36-13-19-40(73-6)20-14-36)29-38-33-79-54-48(53(69)66(54)49(38)55(70)77-32-37-15-21-41(74-7)22-16-37)62-51(67)47(60)44-34-80-56(61-44)63-57(71)78-58(2,3)4/h11-22,28,34,48,54,60H,8-10,23-27,29-33H2,1-7H3,(H,62,67)(H,61,63,71)/t48-,54-/m1/s1. The lowest BCUT2D eigenvalue weighted by Gasteiger charge is -2.50. The molecule has 0 aliphatic carbocycles. The van der Waals surface area contributed by atoms with Crippen molar-refractivity contribution in [1.82, 2.24) is 25.0 Å². The number of halogens is 1. The Morgan fingerprint density at radius 3 is 2.06 bits per heavy atom. The fourth-order valence-electron chi connectivity index (χ4n) is 9.10. The minimum absolute atomic E-state index is 0.00848. The summed E-state index contributed by atoms with van der Waals surface area (Å²) in [4.78, 5) is 78.7. The SMILES string of the molecule is CCCCCN(CCN1CCc2c(cc(OCc3ccc(OC)cc3)c(OCc3ccc(OC)cc3)c2Cl)C1=O)CC1=C(C(=O)OCc2ccc(OC)cc2)N2C(=O)[C@@H](NC(=O)C(=N)c3csc(NC(=O)OC(C)(C)C)n3)[C@H]2SC1. The highest BCUT2D eigenvalue weighted by Crippen LogP contribution is 2.44. The first-order valence-corrected chi connectivity index (χ1v) is 28.5. The number of methoxy groups -OCH3 is 3. The molecule has 1 saturated heterocycles. The number of carbonyl (C=O) groups excluding carboxylic acids is 5. The Morgan fingerprint density at radius 1 is 0.850 bits per heavy atom. The van der Waals surface area contributed by atoms with Crippen LogP contribution in [0, 0.1) is 5.41 Å². The van der Waals surface area contributed by atoms with E-state index in [9.17, 15) is 24.0 Å². The van der Waals surface area contributed by atoms with Crippen LogP contribution in [0.25, 0.3) is 0 Å². The number of benzene rings is 4. The first kappa shape index (κ1) is 58.8. The quantitative estimate of drug-likeness (QED) is 0.0215. The highest BCUT2D eigenvalue weighted by molar-refractivity contribution is 8.00. The second-order valence-corrected chi connectivity index (χ2v) is 22.5. The van der Waals surface area contributed by atoms with E-state index >= 15 is 0 Å². The summed E-state index contributed by atoms with van der Waals surface area (Å²) >= 11 is 9.59. The van der Waals surface area contributed by atoms with Crippen molar-refractivity contribution in [2.45, 2.75) is 90.2 Å². The number of thioether (sulfide) groups is 1. The predicted octanol–water partition coefficient (Wildman–Crippen LogP) is 9.28. The molecular formula is C58H66ClN7O12S2. The molecule has 0 bridgehead atoms. The Bertz CT molecular complexity index is 3090. The van der Waals surface area contributed by atoms with Crippen LogP contribution in [0.1, 0.15) is 85.3 Å². The second-order valence-electron chi connectivity index (χ2n) is 20.1. The van der Waals surface area contributed by atoms with E-state index in [4.69, 9.17) is 50.2 Å². The molecule has 19 nitrogen and oxygen atoms in total. The summed E-state index contributed by atoms with van der Waals surface area (Å²) in [5, 5.41) is 15.0. The average molecular weight is 1150 g/mol. The maximum Gasteiger partial charge on any atom is 0.413 e. The van der Waals surface area contributed by atoms with Gasteiger partial charge in [0, 0.05) is 42.9 Å². The second kappa shape index (κ2) is 26.8. The molecule has 4 heterocycles. The van der Waals surface area contributed by atoms with Gasteiger partial charge in [-0.05, 0) is 110 Å². The molecule has 1 aromatic heterocycles. The van der Waals surface area contributed by atoms with Gasteiger partial charge in [0.25, 0.3) is 17.7 Å². The number of hydrogen-bond acceptors (Lipinski definition) is 17. The Kier molecular flexibility index (Phi) is 19.7. The highest BCUT2D eigenvalue weighted by Gasteiger charge is 2.55.